The topological polar surface area (TPSA) is 562 Å². The van der Waals surface area contributed by atoms with Crippen LogP contribution in [0.15, 0.2) is 61.2 Å². The maximum Gasteiger partial charge on any atom is 1.00 e. The smallest absolute Gasteiger partial charge is 0.563 e. The van der Waals surface area contributed by atoms with Gasteiger partial charge in [0.05, 0.1) is 23.7 Å². The fourth-order valence-electron chi connectivity index (χ4n) is 17.5. The van der Waals surface area contributed by atoms with E-state index < -0.39 is 180 Å². The van der Waals surface area contributed by atoms with Crippen LogP contribution in [0.4, 0.5) is 11.4 Å². The van der Waals surface area contributed by atoms with Crippen molar-refractivity contribution in [2.45, 2.75) is 114 Å². The van der Waals surface area contributed by atoms with Crippen molar-refractivity contribution in [2.24, 2.45) is 52.7 Å². The summed E-state index contributed by atoms with van der Waals surface area (Å²) < 4.78 is 24.6. The van der Waals surface area contributed by atoms with E-state index in [0.717, 1.165) is 16.7 Å². The summed E-state index contributed by atoms with van der Waals surface area (Å²) in [5.74, 6) is -19.1. The largest absolute Gasteiger partial charge is 1.00 e. The van der Waals surface area contributed by atoms with Crippen molar-refractivity contribution in [3.05, 3.63) is 131 Å². The molecule has 593 valence electrons. The summed E-state index contributed by atoms with van der Waals surface area (Å²) in [4.78, 5) is 136. The number of ketones is 6. The van der Waals surface area contributed by atoms with Crippen molar-refractivity contribution in [2.75, 3.05) is 81.8 Å². The average molecular weight is 1780 g/mol. The van der Waals surface area contributed by atoms with Crippen molar-refractivity contribution in [3.8, 4) is 5.75 Å². The van der Waals surface area contributed by atoms with Crippen LogP contribution >= 0.6 is 0 Å². The maximum absolute atomic E-state index is 13.8. The Morgan fingerprint density at radius 2 is 0.875 bits per heavy atom. The van der Waals surface area contributed by atoms with Gasteiger partial charge in [0.1, 0.15) is 51.3 Å². The van der Waals surface area contributed by atoms with E-state index in [-0.39, 0.29) is 170 Å². The number of likely N-dealkylation sites (N-methyl/N-ethyl adjacent to an activating group) is 3. The molecule has 19 N–H and O–H groups in total. The first-order valence-corrected chi connectivity index (χ1v) is 34.1. The van der Waals surface area contributed by atoms with E-state index in [0.29, 0.717) is 57.8 Å². The van der Waals surface area contributed by atoms with Gasteiger partial charge in [-0.25, -0.2) is 4.98 Å². The molecule has 0 spiro atoms. The zero-order valence-corrected chi connectivity index (χ0v) is 72.5. The number of aromatic nitrogens is 1. The number of aromatic hydroxyl groups is 1. The Kier molecular flexibility index (Phi) is 27.5. The predicted octanol–water partition coefficient (Wildman–Crippen LogP) is 1.09. The number of rotatable bonds is 11. The predicted molar refractivity (Wildman–Crippen MR) is 383 cm³/mol. The SMILES string of the molecule is CC(=O)Nc1[c-]c(C)c2c(c1)C(O)=C1C(=O)[C@]3(O)C(O)=C(C(N)=O)C(=O)[C@@H](N(C)C)[C@@H]3C[C@@H]1C2.COC(OC)(OC)OC.Cc1[c-]c(N)c(O)c2c1C[C@H]1C[C@H]3[C@H](N(C)C)C(=O)C(C(N)=O)=C(O)[C@@]3(O)C(=O)C1=C2O.Cc1nc2[c-]c(C)c3c(c2o1)C(O)=C1C(=O)[C@]2(O)C(O)=C(C(N)=O)C(=O)[C@@H](N(C)C)[C@@H]2C[C@@H]1C3.[H+].[Y].[Y].[Y]. The minimum absolute atomic E-state index is 0. The van der Waals surface area contributed by atoms with Crippen LogP contribution in [0.3, 0.4) is 0 Å². The van der Waals surface area contributed by atoms with Crippen molar-refractivity contribution in [1.29, 1.82) is 0 Å². The molecule has 0 unspecified atom stereocenters. The van der Waals surface area contributed by atoms with E-state index in [1.807, 2.05) is 6.92 Å². The van der Waals surface area contributed by atoms with Gasteiger partial charge in [-0.1, -0.05) is 51.3 Å². The number of phenols is 1. The molecule has 3 radical (unpaired) electrons. The molecule has 37 heteroatoms. The second-order valence-electron chi connectivity index (χ2n) is 29.0. The Labute approximate surface area is 718 Å². The number of benzene rings is 3. The molecule has 9 aliphatic rings. The molecule has 112 heavy (non-hydrogen) atoms. The summed E-state index contributed by atoms with van der Waals surface area (Å²) in [7, 11) is 15.1. The van der Waals surface area contributed by atoms with E-state index in [4.69, 9.17) is 46.3 Å². The number of aliphatic hydroxyl groups excluding tert-OH is 6. The van der Waals surface area contributed by atoms with Gasteiger partial charge < -0.3 is 103 Å². The number of hydrogen-bond acceptors (Lipinski definition) is 30. The van der Waals surface area contributed by atoms with E-state index in [2.05, 4.69) is 28.5 Å². The number of carbonyl (C=O) groups is 10. The van der Waals surface area contributed by atoms with E-state index in [9.17, 15) is 99.0 Å². The number of aryl methyl sites for hydroxylation is 4. The minimum atomic E-state index is -2.65. The number of nitrogen functional groups attached to an aromatic ring is 1. The number of amides is 4. The van der Waals surface area contributed by atoms with Gasteiger partial charge >= 0.3 is 7.59 Å². The Morgan fingerprint density at radius 1 is 0.545 bits per heavy atom. The fourth-order valence-corrected chi connectivity index (χ4v) is 17.5. The molecule has 13 rings (SSSR count). The molecular weight excluding hydrogens is 1690 g/mol. The Morgan fingerprint density at radius 3 is 1.21 bits per heavy atom. The van der Waals surface area contributed by atoms with Gasteiger partial charge in [0.15, 0.2) is 40.0 Å². The van der Waals surface area contributed by atoms with Crippen molar-refractivity contribution in [3.63, 3.8) is 0 Å². The summed E-state index contributed by atoms with van der Waals surface area (Å²) in [5, 5.41) is 114. The average Bonchev–Trinajstić information content (AvgIpc) is 1.17. The zero-order valence-electron chi connectivity index (χ0n) is 64.9. The molecule has 1 heterocycles. The molecule has 0 bridgehead atoms. The normalized spacial score (nSPS) is 26.9. The number of nitrogens with two attached hydrogens (primary N) is 4. The number of hydrogen-bond donors (Lipinski definition) is 15. The van der Waals surface area contributed by atoms with Gasteiger partial charge in [0, 0.05) is 181 Å². The van der Waals surface area contributed by atoms with E-state index >= 15 is 0 Å². The first kappa shape index (κ1) is 92.0. The quantitative estimate of drug-likeness (QED) is 0.0328. The summed E-state index contributed by atoms with van der Waals surface area (Å²) in [6, 6.07) is 7.24. The van der Waals surface area contributed by atoms with Gasteiger partial charge in [-0.3, -0.25) is 62.6 Å². The number of methoxy groups -OCH3 is 4. The minimum Gasteiger partial charge on any atom is -0.563 e. The number of carbonyl (C=O) groups excluding carboxylic acids is 10. The van der Waals surface area contributed by atoms with Gasteiger partial charge in [-0.2, -0.15) is 28.8 Å². The molecule has 3 fully saturated rings. The molecule has 3 aromatic carbocycles. The van der Waals surface area contributed by atoms with Crippen LogP contribution < -0.4 is 28.3 Å². The van der Waals surface area contributed by atoms with Crippen LogP contribution in [0, 0.1) is 81.4 Å². The molecule has 9 aliphatic carbocycles. The number of oxazole rings is 1. The third-order valence-electron chi connectivity index (χ3n) is 22.2. The molecule has 12 atom stereocenters. The number of fused-ring (bicyclic) bond motifs is 11. The molecule has 4 aromatic rings. The zero-order chi connectivity index (χ0) is 81.3. The number of primary amides is 3. The van der Waals surface area contributed by atoms with Gasteiger partial charge in [0.2, 0.25) is 23.3 Å². The number of nitrogens with zero attached hydrogens (tertiary/aromatic N) is 4. The van der Waals surface area contributed by atoms with Crippen LogP contribution in [-0.4, -0.2) is 241 Å². The molecule has 0 saturated heterocycles. The van der Waals surface area contributed by atoms with Crippen molar-refractivity contribution in [1.82, 2.24) is 19.7 Å². The molecule has 34 nitrogen and oxygen atoms in total. The van der Waals surface area contributed by atoms with Crippen molar-refractivity contribution >= 4 is 98.1 Å². The Bertz CT molecular complexity index is 4910. The number of ether oxygens (including phenoxy) is 4. The number of nitrogens with one attached hydrogen (secondary N) is 1. The van der Waals surface area contributed by atoms with E-state index in [1.165, 1.54) is 56.1 Å². The van der Waals surface area contributed by atoms with Gasteiger partial charge in [-0.05, 0) is 102 Å². The number of aliphatic hydroxyl groups is 9. The number of anilines is 2. The summed E-state index contributed by atoms with van der Waals surface area (Å²) in [6.45, 7) is 8.27. The van der Waals surface area contributed by atoms with Crippen LogP contribution in [-0.2, 0) is 184 Å². The van der Waals surface area contributed by atoms with Crippen LogP contribution in [0.5, 0.6) is 5.75 Å². The number of Topliss-reactive ketones (excluding diaryl/α,β-unsaturated/α-hetero) is 6. The third kappa shape index (κ3) is 14.5. The standard InChI is InChI=1S/C24H24N3O7.C24H26N3O7.C22H24N3O7.C5H12O4.3Y/c1-8-5-13-20(34-9(2)26-13)15-11(8)6-10-7-12-17(27(3)4)19(29)16(23(25)32)22(31)24(12,33)21(30)14(10)18(15)28;1-9-5-12(26-10(2)28)8-14-13(9)6-11-7-15-18(27(3)4)20(30)17(23(25)33)22(32)24(15,34)21(31)16(11)19(14)29;1-7-4-11(23)16(26)13-9(7)5-8-6-10-15(25(2)3)18(28)14(21(24)31)20(30)22(10,32)19(29)12(8)17(13)27;1-6-5(7-2,8-3)9-4;;;/h10,12,17,28,31,33H,6-7H2,1-4H3,(H2,25,32);8,11,15,18,29,32,34H,6-7H2,1-4H3,(H2,25,33)(H,26,28);8,10,15,26-27,30,32H,5-6,23H2,1-3H3,(H2,24,31);1-4H3;;;/q3*-1;;;;/p+1/t10-,12-,17-,24-;11-,15-,18-,24-;8-,10-,15-,22-;;;;/m000..../s1. The molecule has 0 aliphatic heterocycles. The fraction of sp³-hybridized carbons (Fsp3) is 0.453. The molecule has 4 amide bonds. The first-order valence-electron chi connectivity index (χ1n) is 34.1. The van der Waals surface area contributed by atoms with Crippen LogP contribution in [0.2, 0.25) is 0 Å². The Hall–Kier alpha value is -7.22. The summed E-state index contributed by atoms with van der Waals surface area (Å²) >= 11 is 0. The van der Waals surface area contributed by atoms with E-state index in [1.54, 1.807) is 63.1 Å². The first-order chi connectivity index (χ1) is 50.8. The third-order valence-corrected chi connectivity index (χ3v) is 22.2. The molecular formula is C75H87N9O25Y3-2. The molecule has 1 aromatic heterocycles. The second-order valence-corrected chi connectivity index (χ2v) is 29.0. The van der Waals surface area contributed by atoms with Gasteiger partial charge in [-0.15, -0.1) is 28.8 Å². The second kappa shape index (κ2) is 33.5. The monoisotopic (exact) mass is 1780 g/mol. The van der Waals surface area contributed by atoms with Gasteiger partial charge in [0.25, 0.3) is 17.7 Å². The Balaban J connectivity index is 0.000000246. The van der Waals surface area contributed by atoms with Crippen LogP contribution in [0.25, 0.3) is 28.4 Å². The molecule has 3 saturated carbocycles. The van der Waals surface area contributed by atoms with Crippen LogP contribution in [0.1, 0.15) is 83.6 Å². The summed E-state index contributed by atoms with van der Waals surface area (Å²) in [6.07, 6.45) is -0.262. The summed E-state index contributed by atoms with van der Waals surface area (Å²) in [5.41, 5.74) is 16.4. The van der Waals surface area contributed by atoms with Crippen molar-refractivity contribution < 1.29 is 222 Å². The maximum atomic E-state index is 13.8. The number of phenolic OH excluding ortho intramolecular Hbond substituents is 1.